The zero-order valence-corrected chi connectivity index (χ0v) is 5.14. The molecule has 0 fully saturated rings. The van der Waals surface area contributed by atoms with E-state index in [0.717, 1.165) is 0 Å². The van der Waals surface area contributed by atoms with Crippen molar-refractivity contribution in [3.05, 3.63) is 0 Å². The van der Waals surface area contributed by atoms with E-state index in [9.17, 15) is 14.4 Å². The molecule has 7 nitrogen and oxygen atoms in total. The van der Waals surface area contributed by atoms with Gasteiger partial charge in [-0.3, -0.25) is 4.79 Å². The molecule has 0 saturated heterocycles. The first-order valence-corrected chi connectivity index (χ1v) is 2.15. The summed E-state index contributed by atoms with van der Waals surface area (Å²) in [6.07, 6.45) is -2.46. The van der Waals surface area contributed by atoms with Crippen LogP contribution in [0.4, 0.5) is 0 Å². The predicted octanol–water partition coefficient (Wildman–Crippen LogP) is -2.74. The number of aliphatic hydroxyl groups is 1. The Morgan fingerprint density at radius 2 is 1.45 bits per heavy atom. The maximum atomic E-state index is 10.1. The molecule has 7 heteroatoms. The molecule has 0 aromatic carbocycles. The van der Waals surface area contributed by atoms with Crippen molar-refractivity contribution in [1.29, 1.82) is 0 Å². The van der Waals surface area contributed by atoms with Gasteiger partial charge in [0.05, 0.1) is 0 Å². The largest absolute Gasteiger partial charge is 0.479 e. The van der Waals surface area contributed by atoms with Crippen molar-refractivity contribution in [1.82, 2.24) is 0 Å². The maximum Gasteiger partial charge on any atom is 0.375 e. The molecule has 0 heterocycles. The summed E-state index contributed by atoms with van der Waals surface area (Å²) in [4.78, 5) is 29.4. The van der Waals surface area contributed by atoms with Gasteiger partial charge in [0.15, 0.2) is 0 Å². The van der Waals surface area contributed by atoms with Crippen LogP contribution in [-0.4, -0.2) is 44.6 Å². The number of carboxylic acid groups (broad SMARTS) is 2. The Balaban J connectivity index is 0. The summed E-state index contributed by atoms with van der Waals surface area (Å²) in [7, 11) is 0. The number of ketones is 1. The van der Waals surface area contributed by atoms with Crippen LogP contribution < -0.4 is 0 Å². The molecule has 0 aromatic rings. The van der Waals surface area contributed by atoms with Gasteiger partial charge in [-0.25, -0.2) is 9.59 Å². The molecule has 0 aliphatic heterocycles. The quantitative estimate of drug-likeness (QED) is 0.306. The van der Waals surface area contributed by atoms with E-state index in [0.29, 0.717) is 0 Å². The molecular weight excluding hydrogens is 160 g/mol. The fourth-order valence-corrected chi connectivity index (χ4v) is 0.229. The van der Waals surface area contributed by atoms with Crippen LogP contribution in [-0.2, 0) is 14.4 Å². The molecule has 0 aromatic heterocycles. The van der Waals surface area contributed by atoms with Crippen LogP contribution in [0.15, 0.2) is 0 Å². The van der Waals surface area contributed by atoms with Gasteiger partial charge in [0.1, 0.15) is 0 Å². The second-order valence-corrected chi connectivity index (χ2v) is 1.41. The van der Waals surface area contributed by atoms with Crippen LogP contribution >= 0.6 is 0 Å². The van der Waals surface area contributed by atoms with E-state index in [4.69, 9.17) is 15.3 Å². The van der Waals surface area contributed by atoms with Crippen molar-refractivity contribution in [3.63, 3.8) is 0 Å². The van der Waals surface area contributed by atoms with Crippen molar-refractivity contribution in [2.75, 3.05) is 0 Å². The van der Waals surface area contributed by atoms with E-state index >= 15 is 0 Å². The first-order valence-electron chi connectivity index (χ1n) is 2.15. The lowest BCUT2D eigenvalue weighted by molar-refractivity contribution is -0.161. The number of carbonyl (C=O) groups is 3. The molecule has 11 heavy (non-hydrogen) atoms. The topological polar surface area (TPSA) is 143 Å². The minimum Gasteiger partial charge on any atom is -0.479 e. The molecule has 1 atom stereocenters. The lowest BCUT2D eigenvalue weighted by atomic mass is 10.2. The third kappa shape index (κ3) is 3.28. The average Bonchev–Trinajstić information content (AvgIpc) is 1.84. The van der Waals surface area contributed by atoms with Gasteiger partial charge < -0.3 is 20.8 Å². The van der Waals surface area contributed by atoms with E-state index in [1.54, 1.807) is 0 Å². The third-order valence-corrected chi connectivity index (χ3v) is 0.693. The Morgan fingerprint density at radius 3 is 1.55 bits per heavy atom. The minimum atomic E-state index is -2.46. The number of hydrogen-bond acceptors (Lipinski definition) is 4. The summed E-state index contributed by atoms with van der Waals surface area (Å²) >= 11 is 0. The normalized spacial score (nSPS) is 11.0. The number of carboxylic acids is 2. The molecule has 0 aliphatic rings. The highest BCUT2D eigenvalue weighted by atomic mass is 16.4. The van der Waals surface area contributed by atoms with Gasteiger partial charge in [-0.1, -0.05) is 0 Å². The second kappa shape index (κ2) is 4.36. The molecule has 0 amide bonds. The predicted molar refractivity (Wildman–Crippen MR) is 29.9 cm³/mol. The fourth-order valence-electron chi connectivity index (χ4n) is 0.229. The zero-order valence-electron chi connectivity index (χ0n) is 5.14. The van der Waals surface area contributed by atoms with Gasteiger partial charge in [-0.15, -0.1) is 0 Å². The third-order valence-electron chi connectivity index (χ3n) is 0.693. The Labute approximate surface area is 60.2 Å². The van der Waals surface area contributed by atoms with E-state index in [1.165, 1.54) is 0 Å². The van der Waals surface area contributed by atoms with Gasteiger partial charge in [0.25, 0.3) is 5.78 Å². The molecule has 0 bridgehead atoms. The van der Waals surface area contributed by atoms with Crippen molar-refractivity contribution in [2.24, 2.45) is 0 Å². The molecular formula is C4H6O7. The first-order chi connectivity index (χ1) is 4.46. The Hall–Kier alpha value is -1.47. The second-order valence-electron chi connectivity index (χ2n) is 1.41. The van der Waals surface area contributed by atoms with Crippen LogP contribution in [0.25, 0.3) is 0 Å². The molecule has 0 rings (SSSR count). The number of hydrogen-bond donors (Lipinski definition) is 3. The van der Waals surface area contributed by atoms with Crippen LogP contribution in [0.5, 0.6) is 0 Å². The van der Waals surface area contributed by atoms with Gasteiger partial charge >= 0.3 is 11.9 Å². The van der Waals surface area contributed by atoms with Gasteiger partial charge in [-0.05, 0) is 0 Å². The van der Waals surface area contributed by atoms with Crippen molar-refractivity contribution in [3.8, 4) is 0 Å². The Kier molecular flexibility index (Phi) is 4.85. The van der Waals surface area contributed by atoms with E-state index < -0.39 is 23.8 Å². The summed E-state index contributed by atoms with van der Waals surface area (Å²) in [5.74, 6) is -5.57. The molecule has 0 radical (unpaired) electrons. The standard InChI is InChI=1S/C4H4O6.H2O/c5-1(3(7)8)2(6)4(9)10;/h1,5H,(H,7,8)(H,9,10);1H2. The number of carbonyl (C=O) groups excluding carboxylic acids is 1. The first kappa shape index (κ1) is 12.2. The summed E-state index contributed by atoms with van der Waals surface area (Å²) in [5, 5.41) is 23.9. The lowest BCUT2D eigenvalue weighted by Gasteiger charge is -1.97. The van der Waals surface area contributed by atoms with Gasteiger partial charge in [0, 0.05) is 0 Å². The minimum absolute atomic E-state index is 0. The van der Waals surface area contributed by atoms with Crippen LogP contribution in [0.2, 0.25) is 0 Å². The van der Waals surface area contributed by atoms with Crippen LogP contribution in [0.1, 0.15) is 0 Å². The van der Waals surface area contributed by atoms with E-state index in [1.807, 2.05) is 0 Å². The highest BCUT2D eigenvalue weighted by Crippen LogP contribution is 1.85. The molecule has 1 unspecified atom stereocenters. The number of aliphatic carboxylic acids is 2. The highest BCUT2D eigenvalue weighted by molar-refractivity contribution is 6.38. The summed E-state index contributed by atoms with van der Waals surface area (Å²) in [6, 6.07) is 0. The van der Waals surface area contributed by atoms with E-state index in [2.05, 4.69) is 0 Å². The highest BCUT2D eigenvalue weighted by Gasteiger charge is 2.28. The number of aliphatic hydroxyl groups excluding tert-OH is 1. The molecule has 0 aliphatic carbocycles. The maximum absolute atomic E-state index is 10.1. The Bertz CT molecular complexity index is 183. The molecule has 64 valence electrons. The van der Waals surface area contributed by atoms with Crippen LogP contribution in [0, 0.1) is 0 Å². The summed E-state index contributed by atoms with van der Waals surface area (Å²) < 4.78 is 0. The van der Waals surface area contributed by atoms with Gasteiger partial charge in [0.2, 0.25) is 6.10 Å². The SMILES string of the molecule is O.O=C(O)C(=O)C(O)C(=O)O. The number of rotatable bonds is 3. The van der Waals surface area contributed by atoms with Crippen LogP contribution in [0.3, 0.4) is 0 Å². The monoisotopic (exact) mass is 166 g/mol. The zero-order chi connectivity index (χ0) is 8.31. The summed E-state index contributed by atoms with van der Waals surface area (Å²) in [6.45, 7) is 0. The molecule has 0 spiro atoms. The van der Waals surface area contributed by atoms with Crippen molar-refractivity contribution >= 4 is 17.7 Å². The van der Waals surface area contributed by atoms with Crippen molar-refractivity contribution in [2.45, 2.75) is 6.10 Å². The Morgan fingerprint density at radius 1 is 1.09 bits per heavy atom. The molecule has 0 saturated carbocycles. The smallest absolute Gasteiger partial charge is 0.375 e. The lowest BCUT2D eigenvalue weighted by Crippen LogP contribution is -2.34. The molecule has 5 N–H and O–H groups in total. The number of Topliss-reactive ketones (excluding diaryl/α,β-unsaturated/α-hetero) is 1. The van der Waals surface area contributed by atoms with E-state index in [-0.39, 0.29) is 5.48 Å². The fraction of sp³-hybridized carbons (Fsp3) is 0.250. The summed E-state index contributed by atoms with van der Waals surface area (Å²) in [5.41, 5.74) is 0. The van der Waals surface area contributed by atoms with Gasteiger partial charge in [-0.2, -0.15) is 0 Å². The average molecular weight is 166 g/mol. The van der Waals surface area contributed by atoms with Crippen molar-refractivity contribution < 1.29 is 35.2 Å².